The number of Topliss-reactive ketones (excluding diaryl/α,β-unsaturated/α-hetero) is 1. The van der Waals surface area contributed by atoms with Gasteiger partial charge in [-0.05, 0) is 67.6 Å². The Morgan fingerprint density at radius 3 is 2.19 bits per heavy atom. The predicted molar refractivity (Wildman–Crippen MR) is 180 cm³/mol. The van der Waals surface area contributed by atoms with E-state index in [9.17, 15) is 28.8 Å². The van der Waals surface area contributed by atoms with Gasteiger partial charge in [0.15, 0.2) is 0 Å². The smallest absolute Gasteiger partial charge is 0.408 e. The molecule has 1 aromatic rings. The number of carbonyl (C=O) groups excluding carboxylic acids is 6. The maximum atomic E-state index is 14.0. The van der Waals surface area contributed by atoms with Gasteiger partial charge in [-0.15, -0.1) is 6.58 Å². The summed E-state index contributed by atoms with van der Waals surface area (Å²) in [4.78, 5) is 80.3. The average molecular weight is 719 g/mol. The summed E-state index contributed by atoms with van der Waals surface area (Å²) in [5.41, 5.74) is -0.873. The van der Waals surface area contributed by atoms with E-state index < -0.39 is 71.2 Å². The zero-order valence-corrected chi connectivity index (χ0v) is 30.1. The first-order chi connectivity index (χ1) is 21.7. The Morgan fingerprint density at radius 2 is 1.64 bits per heavy atom. The van der Waals surface area contributed by atoms with E-state index in [1.165, 1.54) is 11.0 Å². The summed E-state index contributed by atoms with van der Waals surface area (Å²) < 4.78 is 6.30. The number of fused-ring (bicyclic) bond motifs is 1. The zero-order chi connectivity index (χ0) is 35.5. The van der Waals surface area contributed by atoms with Crippen molar-refractivity contribution in [1.29, 1.82) is 0 Å². The molecule has 1 aromatic carbocycles. The topological polar surface area (TPSA) is 163 Å². The minimum atomic E-state index is -1.26. The lowest BCUT2D eigenvalue weighted by Gasteiger charge is -2.38. The van der Waals surface area contributed by atoms with Gasteiger partial charge in [0.25, 0.3) is 5.91 Å². The van der Waals surface area contributed by atoms with Gasteiger partial charge in [-0.1, -0.05) is 68.8 Å². The van der Waals surface area contributed by atoms with Crippen LogP contribution in [0.4, 0.5) is 4.79 Å². The van der Waals surface area contributed by atoms with Crippen LogP contribution in [0.15, 0.2) is 41.4 Å². The Kier molecular flexibility index (Phi) is 11.7. The van der Waals surface area contributed by atoms with E-state index in [-0.39, 0.29) is 30.2 Å². The van der Waals surface area contributed by atoms with Crippen LogP contribution in [0.3, 0.4) is 0 Å². The first-order valence-corrected chi connectivity index (χ1v) is 16.5. The Morgan fingerprint density at radius 1 is 1.02 bits per heavy atom. The molecular formula is C34H48BrN5O7. The van der Waals surface area contributed by atoms with Crippen LogP contribution in [0.1, 0.15) is 67.4 Å². The summed E-state index contributed by atoms with van der Waals surface area (Å²) in [6.45, 7) is 18.4. The Bertz CT molecular complexity index is 1400. The Labute approximate surface area is 285 Å². The second-order valence-electron chi connectivity index (χ2n) is 14.9. The molecule has 5 amide bonds. The standard InChI is InChI=1S/C34H48BrN5O7/c1-10-11-22(26(42)29(44)37-17-23(41)36-16-19-12-14-20(35)15-13-19)38-28(43)25-24-21(34(24,8)9)18-40(25)30(45)27(32(2,3)4)39-31(46)47-33(5,6)7/h10,12-15,21-22,24-25,27H,1,11,16-18H2,2-9H3,(H,36,41)(H,37,44)(H,38,43)(H,39,46). The molecule has 5 unspecified atom stereocenters. The third-order valence-electron chi connectivity index (χ3n) is 8.61. The van der Waals surface area contributed by atoms with Crippen LogP contribution in [0.25, 0.3) is 0 Å². The summed E-state index contributed by atoms with van der Waals surface area (Å²) in [6, 6.07) is 4.15. The van der Waals surface area contributed by atoms with Crippen LogP contribution in [0.5, 0.6) is 0 Å². The average Bonchev–Trinajstić information content (AvgIpc) is 3.27. The van der Waals surface area contributed by atoms with Crippen molar-refractivity contribution in [3.05, 3.63) is 47.0 Å². The molecule has 0 bridgehead atoms. The van der Waals surface area contributed by atoms with Crippen LogP contribution in [-0.4, -0.2) is 77.2 Å². The van der Waals surface area contributed by atoms with Gasteiger partial charge in [-0.2, -0.15) is 0 Å². The number of alkyl carbamates (subject to hydrolysis) is 1. The lowest BCUT2D eigenvalue weighted by molar-refractivity contribution is -0.145. The van der Waals surface area contributed by atoms with E-state index in [0.29, 0.717) is 6.54 Å². The molecule has 1 heterocycles. The Balaban J connectivity index is 1.69. The SMILES string of the molecule is C=CCC(NC(=O)C1C2C(CN1C(=O)C(NC(=O)OC(C)(C)C)C(C)(C)C)C2(C)C)C(=O)C(=O)NCC(=O)NCc1ccc(Br)cc1. The van der Waals surface area contributed by atoms with E-state index >= 15 is 0 Å². The Hall–Kier alpha value is -3.74. The highest BCUT2D eigenvalue weighted by molar-refractivity contribution is 9.10. The van der Waals surface area contributed by atoms with Gasteiger partial charge in [-0.25, -0.2) is 4.79 Å². The molecule has 1 saturated carbocycles. The van der Waals surface area contributed by atoms with Crippen molar-refractivity contribution >= 4 is 51.4 Å². The largest absolute Gasteiger partial charge is 0.444 e. The number of piperidine rings is 1. The number of halogens is 1. The fourth-order valence-corrected chi connectivity index (χ4v) is 6.24. The summed E-state index contributed by atoms with van der Waals surface area (Å²) in [5, 5.41) is 10.4. The first kappa shape index (κ1) is 37.7. The van der Waals surface area contributed by atoms with Gasteiger partial charge in [0, 0.05) is 17.6 Å². The number of amides is 5. The summed E-state index contributed by atoms with van der Waals surface area (Å²) >= 11 is 3.35. The molecule has 4 N–H and O–H groups in total. The van der Waals surface area contributed by atoms with Gasteiger partial charge in [0.1, 0.15) is 23.7 Å². The van der Waals surface area contributed by atoms with E-state index in [1.54, 1.807) is 41.5 Å². The molecule has 0 radical (unpaired) electrons. The molecule has 0 aromatic heterocycles. The van der Waals surface area contributed by atoms with Crippen molar-refractivity contribution in [3.8, 4) is 0 Å². The molecule has 3 rings (SSSR count). The van der Waals surface area contributed by atoms with Crippen molar-refractivity contribution in [2.24, 2.45) is 22.7 Å². The maximum absolute atomic E-state index is 14.0. The van der Waals surface area contributed by atoms with Crippen molar-refractivity contribution in [1.82, 2.24) is 26.2 Å². The minimum Gasteiger partial charge on any atom is -0.444 e. The number of ether oxygens (including phenoxy) is 1. The van der Waals surface area contributed by atoms with E-state index in [2.05, 4.69) is 43.8 Å². The minimum absolute atomic E-state index is 0.0390. The van der Waals surface area contributed by atoms with Crippen LogP contribution >= 0.6 is 15.9 Å². The molecule has 1 aliphatic carbocycles. The van der Waals surface area contributed by atoms with Crippen molar-refractivity contribution < 1.29 is 33.5 Å². The van der Waals surface area contributed by atoms with Crippen molar-refractivity contribution in [2.75, 3.05) is 13.1 Å². The van der Waals surface area contributed by atoms with Crippen molar-refractivity contribution in [2.45, 2.75) is 92.1 Å². The number of hydrogen-bond acceptors (Lipinski definition) is 7. The predicted octanol–water partition coefficient (Wildman–Crippen LogP) is 3.23. The van der Waals surface area contributed by atoms with Gasteiger partial charge < -0.3 is 30.9 Å². The number of likely N-dealkylation sites (tertiary alicyclic amines) is 1. The normalized spacial score (nSPS) is 21.0. The molecule has 5 atom stereocenters. The number of rotatable bonds is 12. The number of benzene rings is 1. The molecule has 1 aliphatic heterocycles. The number of carbonyl (C=O) groups is 6. The molecule has 258 valence electrons. The lowest BCUT2D eigenvalue weighted by atomic mass is 9.85. The molecule has 1 saturated heterocycles. The van der Waals surface area contributed by atoms with E-state index in [0.717, 1.165) is 10.0 Å². The van der Waals surface area contributed by atoms with Crippen LogP contribution in [0, 0.1) is 22.7 Å². The fraction of sp³-hybridized carbons (Fsp3) is 0.588. The monoisotopic (exact) mass is 717 g/mol. The zero-order valence-electron chi connectivity index (χ0n) is 28.5. The number of nitrogens with zero attached hydrogens (tertiary/aromatic N) is 1. The van der Waals surface area contributed by atoms with E-state index in [1.807, 2.05) is 38.1 Å². The third kappa shape index (κ3) is 9.65. The summed E-state index contributed by atoms with van der Waals surface area (Å²) in [7, 11) is 0. The molecule has 13 heteroatoms. The van der Waals surface area contributed by atoms with Gasteiger partial charge >= 0.3 is 6.09 Å². The molecule has 0 spiro atoms. The quantitative estimate of drug-likeness (QED) is 0.191. The van der Waals surface area contributed by atoms with Crippen LogP contribution in [-0.2, 0) is 35.3 Å². The second kappa shape index (κ2) is 14.6. The maximum Gasteiger partial charge on any atom is 0.408 e. The fourth-order valence-electron chi connectivity index (χ4n) is 5.98. The highest BCUT2D eigenvalue weighted by atomic mass is 79.9. The number of ketones is 1. The van der Waals surface area contributed by atoms with Crippen LogP contribution < -0.4 is 21.3 Å². The highest BCUT2D eigenvalue weighted by Gasteiger charge is 2.70. The molecule has 2 fully saturated rings. The van der Waals surface area contributed by atoms with Gasteiger partial charge in [0.05, 0.1) is 6.54 Å². The molecule has 2 aliphatic rings. The summed E-state index contributed by atoms with van der Waals surface area (Å²) in [6.07, 6.45) is 0.612. The van der Waals surface area contributed by atoms with E-state index in [4.69, 9.17) is 4.74 Å². The summed E-state index contributed by atoms with van der Waals surface area (Å²) in [5.74, 6) is -3.64. The van der Waals surface area contributed by atoms with Gasteiger partial charge in [-0.3, -0.25) is 24.0 Å². The second-order valence-corrected chi connectivity index (χ2v) is 15.8. The first-order valence-electron chi connectivity index (χ1n) is 15.7. The van der Waals surface area contributed by atoms with Crippen LogP contribution in [0.2, 0.25) is 0 Å². The molecule has 12 nitrogen and oxygen atoms in total. The molecule has 47 heavy (non-hydrogen) atoms. The number of hydrogen-bond donors (Lipinski definition) is 4. The lowest BCUT2D eigenvalue weighted by Crippen LogP contribution is -2.60. The van der Waals surface area contributed by atoms with Crippen molar-refractivity contribution in [3.63, 3.8) is 0 Å². The van der Waals surface area contributed by atoms with Gasteiger partial charge in [0.2, 0.25) is 23.5 Å². The highest BCUT2D eigenvalue weighted by Crippen LogP contribution is 2.65. The number of nitrogens with one attached hydrogen (secondary N) is 4. The molecular weight excluding hydrogens is 670 g/mol. The third-order valence-corrected chi connectivity index (χ3v) is 9.13.